The first-order valence-electron chi connectivity index (χ1n) is 8.81. The molecule has 3 rings (SSSR count). The minimum absolute atomic E-state index is 0.0302. The molecular weight excluding hydrogens is 367 g/mol. The van der Waals surface area contributed by atoms with Gasteiger partial charge in [-0.3, -0.25) is 9.59 Å². The van der Waals surface area contributed by atoms with E-state index in [9.17, 15) is 14.0 Å². The van der Waals surface area contributed by atoms with E-state index in [2.05, 4.69) is 5.32 Å². The summed E-state index contributed by atoms with van der Waals surface area (Å²) in [6.45, 7) is 1.04. The van der Waals surface area contributed by atoms with Crippen molar-refractivity contribution in [3.8, 4) is 5.75 Å². The molecular formula is C20H21FN2O3S. The molecule has 2 aromatic carbocycles. The van der Waals surface area contributed by atoms with Crippen LogP contribution in [0.1, 0.15) is 12.8 Å². The monoisotopic (exact) mass is 388 g/mol. The number of nitrogens with zero attached hydrogens (tertiary/aromatic N) is 1. The Morgan fingerprint density at radius 1 is 1.15 bits per heavy atom. The van der Waals surface area contributed by atoms with Crippen molar-refractivity contribution in [2.24, 2.45) is 0 Å². The van der Waals surface area contributed by atoms with Gasteiger partial charge in [0.25, 0.3) is 0 Å². The van der Waals surface area contributed by atoms with Crippen molar-refractivity contribution in [3.05, 3.63) is 54.3 Å². The number of nitrogens with one attached hydrogen (secondary N) is 1. The first-order valence-corrected chi connectivity index (χ1v) is 9.79. The number of hydrogen-bond donors (Lipinski definition) is 1. The van der Waals surface area contributed by atoms with Crippen LogP contribution in [0, 0.1) is 5.82 Å². The van der Waals surface area contributed by atoms with Gasteiger partial charge in [0, 0.05) is 11.4 Å². The van der Waals surface area contributed by atoms with Crippen LogP contribution >= 0.6 is 11.8 Å². The topological polar surface area (TPSA) is 58.6 Å². The fourth-order valence-electron chi connectivity index (χ4n) is 2.70. The second-order valence-corrected chi connectivity index (χ2v) is 7.11. The molecule has 0 bridgehead atoms. The van der Waals surface area contributed by atoms with Crippen LogP contribution in [0.5, 0.6) is 5.75 Å². The van der Waals surface area contributed by atoms with Crippen molar-refractivity contribution in [1.29, 1.82) is 0 Å². The Morgan fingerprint density at radius 3 is 2.74 bits per heavy atom. The van der Waals surface area contributed by atoms with Crippen molar-refractivity contribution in [2.75, 3.05) is 30.3 Å². The third kappa shape index (κ3) is 5.47. The van der Waals surface area contributed by atoms with Gasteiger partial charge in [-0.25, -0.2) is 4.39 Å². The summed E-state index contributed by atoms with van der Waals surface area (Å²) < 4.78 is 18.3. The molecule has 0 saturated carbocycles. The number of rotatable bonds is 8. The largest absolute Gasteiger partial charge is 0.494 e. The van der Waals surface area contributed by atoms with E-state index in [1.807, 2.05) is 24.3 Å². The van der Waals surface area contributed by atoms with E-state index in [0.717, 1.165) is 23.4 Å². The van der Waals surface area contributed by atoms with Crippen LogP contribution in [0.4, 0.5) is 10.1 Å². The predicted molar refractivity (Wildman–Crippen MR) is 104 cm³/mol. The maximum atomic E-state index is 12.8. The average molecular weight is 388 g/mol. The zero-order valence-corrected chi connectivity index (χ0v) is 15.6. The number of hydrogen-bond acceptors (Lipinski definition) is 4. The van der Waals surface area contributed by atoms with Crippen LogP contribution in [0.2, 0.25) is 0 Å². The van der Waals surface area contributed by atoms with Gasteiger partial charge >= 0.3 is 0 Å². The summed E-state index contributed by atoms with van der Waals surface area (Å²) in [5.74, 6) is 0.454. The molecule has 1 heterocycles. The smallest absolute Gasteiger partial charge is 0.240 e. The van der Waals surface area contributed by atoms with E-state index in [1.54, 1.807) is 17.0 Å². The Kier molecular flexibility index (Phi) is 6.70. The van der Waals surface area contributed by atoms with Gasteiger partial charge in [0.1, 0.15) is 18.1 Å². The molecule has 7 heteroatoms. The number of anilines is 1. The van der Waals surface area contributed by atoms with Gasteiger partial charge in [0.05, 0.1) is 18.0 Å². The van der Waals surface area contributed by atoms with E-state index in [0.29, 0.717) is 24.7 Å². The first kappa shape index (κ1) is 19.2. The molecule has 2 aromatic rings. The lowest BCUT2D eigenvalue weighted by molar-refractivity contribution is -0.123. The van der Waals surface area contributed by atoms with Crippen LogP contribution < -0.4 is 15.0 Å². The second-order valence-electron chi connectivity index (χ2n) is 6.10. The lowest BCUT2D eigenvalue weighted by atomic mass is 10.2. The molecule has 0 aromatic heterocycles. The minimum Gasteiger partial charge on any atom is -0.494 e. The molecule has 0 radical (unpaired) electrons. The summed E-state index contributed by atoms with van der Waals surface area (Å²) in [7, 11) is 0. The fraction of sp³-hybridized carbons (Fsp3) is 0.300. The molecule has 1 aliphatic heterocycles. The molecule has 1 aliphatic rings. The summed E-state index contributed by atoms with van der Waals surface area (Å²) in [6, 6.07) is 13.5. The maximum absolute atomic E-state index is 12.8. The van der Waals surface area contributed by atoms with Crippen LogP contribution in [-0.2, 0) is 9.59 Å². The Balaban J connectivity index is 1.36. The number of unbranched alkanes of at least 4 members (excludes halogenated alkanes) is 1. The zero-order valence-electron chi connectivity index (χ0n) is 14.8. The number of halogens is 1. The third-order valence-electron chi connectivity index (χ3n) is 4.09. The van der Waals surface area contributed by atoms with Crippen molar-refractivity contribution >= 4 is 29.3 Å². The number of para-hydroxylation sites is 1. The normalized spacial score (nSPS) is 13.2. The maximum Gasteiger partial charge on any atom is 0.240 e. The van der Waals surface area contributed by atoms with E-state index >= 15 is 0 Å². The number of thioether (sulfide) groups is 1. The first-order chi connectivity index (χ1) is 13.1. The molecule has 0 saturated heterocycles. The summed E-state index contributed by atoms with van der Waals surface area (Å²) in [5.41, 5.74) is 0.793. The van der Waals surface area contributed by atoms with Crippen molar-refractivity contribution in [2.45, 2.75) is 17.7 Å². The Bertz CT molecular complexity index is 798. The van der Waals surface area contributed by atoms with Crippen LogP contribution in [-0.4, -0.2) is 37.3 Å². The van der Waals surface area contributed by atoms with Crippen LogP contribution in [0.15, 0.2) is 53.4 Å². The summed E-state index contributed by atoms with van der Waals surface area (Å²) >= 11 is 1.50. The number of benzene rings is 2. The summed E-state index contributed by atoms with van der Waals surface area (Å²) in [4.78, 5) is 26.9. The third-order valence-corrected chi connectivity index (χ3v) is 5.13. The molecule has 27 heavy (non-hydrogen) atoms. The van der Waals surface area contributed by atoms with Gasteiger partial charge in [-0.05, 0) is 49.2 Å². The summed E-state index contributed by atoms with van der Waals surface area (Å²) in [5, 5.41) is 2.84. The summed E-state index contributed by atoms with van der Waals surface area (Å²) in [6.07, 6.45) is 1.52. The Morgan fingerprint density at radius 2 is 1.93 bits per heavy atom. The van der Waals surface area contributed by atoms with Crippen molar-refractivity contribution in [1.82, 2.24) is 5.32 Å². The number of carbonyl (C=O) groups is 2. The molecule has 2 amide bonds. The Labute approximate surface area is 161 Å². The highest BCUT2D eigenvalue weighted by molar-refractivity contribution is 8.00. The van der Waals surface area contributed by atoms with Crippen molar-refractivity contribution < 1.29 is 18.7 Å². The van der Waals surface area contributed by atoms with Gasteiger partial charge < -0.3 is 15.0 Å². The van der Waals surface area contributed by atoms with E-state index in [4.69, 9.17) is 4.74 Å². The Hall–Kier alpha value is -2.54. The molecule has 142 valence electrons. The fourth-order valence-corrected chi connectivity index (χ4v) is 3.64. The van der Waals surface area contributed by atoms with Gasteiger partial charge in [0.15, 0.2) is 0 Å². The molecule has 0 unspecified atom stereocenters. The van der Waals surface area contributed by atoms with E-state index in [1.165, 1.54) is 23.9 Å². The standard InChI is InChI=1S/C20H21FN2O3S/c21-15-7-9-16(10-8-15)26-12-4-3-11-22-19(24)13-23-17-5-1-2-6-18(17)27-14-20(23)25/h1-2,5-10H,3-4,11-14H2,(H,22,24). The lowest BCUT2D eigenvalue weighted by Gasteiger charge is -2.28. The molecule has 1 N–H and O–H groups in total. The quantitative estimate of drug-likeness (QED) is 0.706. The number of ether oxygens (including phenoxy) is 1. The van der Waals surface area contributed by atoms with Gasteiger partial charge in [0.2, 0.25) is 11.8 Å². The second kappa shape index (κ2) is 9.41. The molecule has 5 nitrogen and oxygen atoms in total. The molecule has 0 spiro atoms. The number of amides is 2. The van der Waals surface area contributed by atoms with E-state index in [-0.39, 0.29) is 24.2 Å². The molecule has 0 atom stereocenters. The van der Waals surface area contributed by atoms with E-state index < -0.39 is 0 Å². The lowest BCUT2D eigenvalue weighted by Crippen LogP contribution is -2.43. The highest BCUT2D eigenvalue weighted by Gasteiger charge is 2.25. The highest BCUT2D eigenvalue weighted by Crippen LogP contribution is 2.34. The average Bonchev–Trinajstić information content (AvgIpc) is 2.68. The SMILES string of the molecule is O=C(CN1C(=O)CSc2ccccc21)NCCCCOc1ccc(F)cc1. The van der Waals surface area contributed by atoms with Gasteiger partial charge in [-0.2, -0.15) is 0 Å². The van der Waals surface area contributed by atoms with Crippen molar-refractivity contribution in [3.63, 3.8) is 0 Å². The number of carbonyl (C=O) groups excluding carboxylic acids is 2. The molecule has 0 fully saturated rings. The van der Waals surface area contributed by atoms with Gasteiger partial charge in [-0.15, -0.1) is 11.8 Å². The predicted octanol–water partition coefficient (Wildman–Crippen LogP) is 3.24. The zero-order chi connectivity index (χ0) is 19.1. The molecule has 0 aliphatic carbocycles. The minimum atomic E-state index is -0.293. The van der Waals surface area contributed by atoms with Crippen LogP contribution in [0.3, 0.4) is 0 Å². The van der Waals surface area contributed by atoms with Crippen LogP contribution in [0.25, 0.3) is 0 Å². The number of fused-ring (bicyclic) bond motifs is 1. The highest BCUT2D eigenvalue weighted by atomic mass is 32.2. The van der Waals surface area contributed by atoms with Gasteiger partial charge in [-0.1, -0.05) is 12.1 Å².